The van der Waals surface area contributed by atoms with Crippen molar-refractivity contribution in [1.82, 2.24) is 0 Å². The van der Waals surface area contributed by atoms with Gasteiger partial charge in [0.25, 0.3) is 0 Å². The molecule has 0 aromatic heterocycles. The number of benzene rings is 1. The molecule has 17 heavy (non-hydrogen) atoms. The quantitative estimate of drug-likeness (QED) is 0.459. The smallest absolute Gasteiger partial charge is 0.310 e. The van der Waals surface area contributed by atoms with E-state index in [1.54, 1.807) is 23.9 Å². The zero-order valence-corrected chi connectivity index (χ0v) is 10.5. The number of nitrogens with two attached hydrogens (primary N) is 1. The summed E-state index contributed by atoms with van der Waals surface area (Å²) in [5.41, 5.74) is 6.31. The highest BCUT2D eigenvalue weighted by molar-refractivity contribution is 7.98. The molecule has 0 fully saturated rings. The lowest BCUT2D eigenvalue weighted by molar-refractivity contribution is -0.385. The van der Waals surface area contributed by atoms with E-state index in [2.05, 4.69) is 0 Å². The van der Waals surface area contributed by atoms with Crippen molar-refractivity contribution in [2.75, 3.05) is 18.6 Å². The third kappa shape index (κ3) is 4.24. The molecule has 2 N–H and O–H groups in total. The van der Waals surface area contributed by atoms with Crippen molar-refractivity contribution in [1.29, 1.82) is 0 Å². The molecule has 0 spiro atoms. The van der Waals surface area contributed by atoms with Crippen LogP contribution in [0.4, 0.5) is 5.69 Å². The summed E-state index contributed by atoms with van der Waals surface area (Å²) in [5, 5.41) is 10.8. The summed E-state index contributed by atoms with van der Waals surface area (Å²) in [7, 11) is 0. The van der Waals surface area contributed by atoms with Crippen LogP contribution in [0.25, 0.3) is 0 Å². The highest BCUT2D eigenvalue weighted by Crippen LogP contribution is 2.28. The van der Waals surface area contributed by atoms with Crippen molar-refractivity contribution in [3.05, 3.63) is 33.9 Å². The summed E-state index contributed by atoms with van der Waals surface area (Å²) >= 11 is 1.72. The van der Waals surface area contributed by atoms with E-state index in [1.807, 2.05) is 6.26 Å². The molecular weight excluding hydrogens is 240 g/mol. The molecule has 1 rings (SSSR count). The number of hydrogen-bond donors (Lipinski definition) is 1. The van der Waals surface area contributed by atoms with Crippen molar-refractivity contribution in [3.8, 4) is 5.75 Å². The maximum absolute atomic E-state index is 10.8. The molecule has 0 radical (unpaired) electrons. The standard InChI is InChI=1S/C11H16N2O3S/c1-17-6-2-5-16-11-7-9(8-12)3-4-10(11)13(14)15/h3-4,7H,2,5-6,8,12H2,1H3. The lowest BCUT2D eigenvalue weighted by atomic mass is 10.2. The number of rotatable bonds is 7. The molecule has 1 aromatic rings. The second-order valence-corrected chi connectivity index (χ2v) is 4.44. The Morgan fingerprint density at radius 1 is 1.53 bits per heavy atom. The fourth-order valence-electron chi connectivity index (χ4n) is 1.34. The van der Waals surface area contributed by atoms with E-state index in [9.17, 15) is 10.1 Å². The Morgan fingerprint density at radius 3 is 2.88 bits per heavy atom. The topological polar surface area (TPSA) is 78.4 Å². The van der Waals surface area contributed by atoms with Crippen molar-refractivity contribution >= 4 is 17.4 Å². The first-order valence-electron chi connectivity index (χ1n) is 5.28. The van der Waals surface area contributed by atoms with Gasteiger partial charge in [0.15, 0.2) is 5.75 Å². The predicted octanol–water partition coefficient (Wildman–Crippen LogP) is 2.19. The second-order valence-electron chi connectivity index (χ2n) is 3.46. The molecule has 0 heterocycles. The van der Waals surface area contributed by atoms with Crippen LogP contribution in [-0.4, -0.2) is 23.5 Å². The Bertz CT molecular complexity index is 385. The number of hydrogen-bond acceptors (Lipinski definition) is 5. The van der Waals surface area contributed by atoms with Gasteiger partial charge in [0.2, 0.25) is 0 Å². The molecule has 0 aliphatic heterocycles. The molecule has 0 aliphatic carbocycles. The molecule has 0 amide bonds. The van der Waals surface area contributed by atoms with Gasteiger partial charge in [-0.25, -0.2) is 0 Å². The van der Waals surface area contributed by atoms with Crippen LogP contribution in [0, 0.1) is 10.1 Å². The van der Waals surface area contributed by atoms with Gasteiger partial charge in [-0.3, -0.25) is 10.1 Å². The number of nitrogens with zero attached hydrogens (tertiary/aromatic N) is 1. The Labute approximate surface area is 104 Å². The Hall–Kier alpha value is -1.27. The molecule has 0 bridgehead atoms. The average Bonchev–Trinajstić information content (AvgIpc) is 2.34. The van der Waals surface area contributed by atoms with Gasteiger partial charge in [0.1, 0.15) is 0 Å². The average molecular weight is 256 g/mol. The first-order valence-corrected chi connectivity index (χ1v) is 6.67. The van der Waals surface area contributed by atoms with Crippen LogP contribution in [0.15, 0.2) is 18.2 Å². The van der Waals surface area contributed by atoms with E-state index in [0.717, 1.165) is 17.7 Å². The van der Waals surface area contributed by atoms with Crippen molar-refractivity contribution < 1.29 is 9.66 Å². The minimum absolute atomic E-state index is 0.00801. The van der Waals surface area contributed by atoms with Crippen LogP contribution in [0.2, 0.25) is 0 Å². The molecule has 1 aromatic carbocycles. The maximum Gasteiger partial charge on any atom is 0.310 e. The van der Waals surface area contributed by atoms with Crippen LogP contribution in [0.5, 0.6) is 5.75 Å². The number of thioether (sulfide) groups is 1. The lowest BCUT2D eigenvalue weighted by Crippen LogP contribution is -2.03. The molecule has 5 nitrogen and oxygen atoms in total. The van der Waals surface area contributed by atoms with E-state index < -0.39 is 4.92 Å². The van der Waals surface area contributed by atoms with E-state index in [1.165, 1.54) is 6.07 Å². The first-order chi connectivity index (χ1) is 8.19. The van der Waals surface area contributed by atoms with E-state index in [-0.39, 0.29) is 5.69 Å². The van der Waals surface area contributed by atoms with E-state index in [4.69, 9.17) is 10.5 Å². The molecule has 0 saturated carbocycles. The van der Waals surface area contributed by atoms with Crippen LogP contribution < -0.4 is 10.5 Å². The number of nitro benzene ring substituents is 1. The Balaban J connectivity index is 2.75. The summed E-state index contributed by atoms with van der Waals surface area (Å²) in [6.07, 6.45) is 2.88. The van der Waals surface area contributed by atoms with Gasteiger partial charge in [-0.2, -0.15) is 11.8 Å². The zero-order valence-electron chi connectivity index (χ0n) is 9.72. The normalized spacial score (nSPS) is 10.2. The monoisotopic (exact) mass is 256 g/mol. The number of ether oxygens (including phenoxy) is 1. The summed E-state index contributed by atoms with van der Waals surface area (Å²) in [6, 6.07) is 4.72. The largest absolute Gasteiger partial charge is 0.487 e. The van der Waals surface area contributed by atoms with Crippen molar-refractivity contribution in [2.45, 2.75) is 13.0 Å². The van der Waals surface area contributed by atoms with Gasteiger partial charge < -0.3 is 10.5 Å². The molecule has 0 aliphatic rings. The maximum atomic E-state index is 10.8. The van der Waals surface area contributed by atoms with E-state index in [0.29, 0.717) is 18.9 Å². The fourth-order valence-corrected chi connectivity index (χ4v) is 1.74. The highest BCUT2D eigenvalue weighted by Gasteiger charge is 2.15. The minimum Gasteiger partial charge on any atom is -0.487 e. The van der Waals surface area contributed by atoms with Gasteiger partial charge in [0, 0.05) is 12.6 Å². The highest BCUT2D eigenvalue weighted by atomic mass is 32.2. The predicted molar refractivity (Wildman–Crippen MR) is 69.5 cm³/mol. The van der Waals surface area contributed by atoms with Gasteiger partial charge in [-0.15, -0.1) is 0 Å². The lowest BCUT2D eigenvalue weighted by Gasteiger charge is -2.07. The van der Waals surface area contributed by atoms with Crippen molar-refractivity contribution in [3.63, 3.8) is 0 Å². The Kier molecular flexibility index (Phi) is 5.79. The molecule has 0 saturated heterocycles. The second kappa shape index (κ2) is 7.13. The van der Waals surface area contributed by atoms with Gasteiger partial charge in [0.05, 0.1) is 11.5 Å². The minimum atomic E-state index is -0.440. The van der Waals surface area contributed by atoms with Crippen LogP contribution >= 0.6 is 11.8 Å². The van der Waals surface area contributed by atoms with Crippen LogP contribution in [0.1, 0.15) is 12.0 Å². The van der Waals surface area contributed by atoms with E-state index >= 15 is 0 Å². The molecule has 0 unspecified atom stereocenters. The molecule has 94 valence electrons. The van der Waals surface area contributed by atoms with Gasteiger partial charge >= 0.3 is 5.69 Å². The summed E-state index contributed by atoms with van der Waals surface area (Å²) in [6.45, 7) is 0.828. The van der Waals surface area contributed by atoms with Crippen LogP contribution in [-0.2, 0) is 6.54 Å². The van der Waals surface area contributed by atoms with Gasteiger partial charge in [-0.1, -0.05) is 6.07 Å². The zero-order chi connectivity index (χ0) is 12.7. The third-order valence-corrected chi connectivity index (χ3v) is 2.90. The summed E-state index contributed by atoms with van der Waals surface area (Å²) < 4.78 is 5.43. The summed E-state index contributed by atoms with van der Waals surface area (Å²) in [4.78, 5) is 10.4. The molecule has 0 atom stereocenters. The fraction of sp³-hybridized carbons (Fsp3) is 0.455. The SMILES string of the molecule is CSCCCOc1cc(CN)ccc1[N+](=O)[O-]. The summed E-state index contributed by atoms with van der Waals surface area (Å²) in [5.74, 6) is 1.28. The van der Waals surface area contributed by atoms with Crippen LogP contribution in [0.3, 0.4) is 0 Å². The molecular formula is C11H16N2O3S. The third-order valence-electron chi connectivity index (χ3n) is 2.21. The van der Waals surface area contributed by atoms with Gasteiger partial charge in [-0.05, 0) is 30.1 Å². The van der Waals surface area contributed by atoms with Crippen molar-refractivity contribution in [2.24, 2.45) is 5.73 Å². The Morgan fingerprint density at radius 2 is 2.29 bits per heavy atom. The molecule has 6 heteroatoms. The first kappa shape index (κ1) is 13.8. The number of nitro groups is 1.